The van der Waals surface area contributed by atoms with Crippen molar-refractivity contribution in [3.63, 3.8) is 0 Å². The number of nitrogens with two attached hydrogens (primary N) is 1. The molecule has 5 N–H and O–H groups in total. The molecule has 0 aromatic heterocycles. The first-order valence-corrected chi connectivity index (χ1v) is 9.49. The molecule has 0 aliphatic rings. The molecule has 0 aliphatic carbocycles. The Balaban J connectivity index is 0. The van der Waals surface area contributed by atoms with Gasteiger partial charge in [0.1, 0.15) is 13.2 Å². The van der Waals surface area contributed by atoms with E-state index in [1.165, 1.54) is 6.08 Å². The minimum Gasteiger partial charge on any atom is -0.517 e. The molecule has 2 amide bonds. The summed E-state index contributed by atoms with van der Waals surface area (Å²) in [5.41, 5.74) is 5.33. The number of amides is 2. The first-order chi connectivity index (χ1) is 13.7. The van der Waals surface area contributed by atoms with Crippen molar-refractivity contribution < 1.29 is 47.4 Å². The monoisotopic (exact) mass is 410 g/mol. The maximum atomic E-state index is 11.5. The molecule has 0 aliphatic heterocycles. The Morgan fingerprint density at radius 3 is 1.86 bits per heavy atom. The normalized spacial score (nSPS) is 10.2. The second-order valence-corrected chi connectivity index (χ2v) is 5.61. The SMILES string of the molecule is [CH-]=CCNCCOCCOCC(=O)NCCOCCOCC(=O)NCCCN.[Li+]. The van der Waals surface area contributed by atoms with Gasteiger partial charge in [0.25, 0.3) is 0 Å². The van der Waals surface area contributed by atoms with Crippen molar-refractivity contribution in [3.05, 3.63) is 12.7 Å². The zero-order chi connectivity index (χ0) is 20.7. The summed E-state index contributed by atoms with van der Waals surface area (Å²) in [7, 11) is 0. The summed E-state index contributed by atoms with van der Waals surface area (Å²) >= 11 is 0. The van der Waals surface area contributed by atoms with E-state index >= 15 is 0 Å². The first-order valence-electron chi connectivity index (χ1n) is 9.49. The Morgan fingerprint density at radius 2 is 1.31 bits per heavy atom. The average molecular weight is 410 g/mol. The number of carbonyl (C=O) groups is 2. The number of hydrogen-bond acceptors (Lipinski definition) is 8. The second kappa shape index (κ2) is 25.1. The van der Waals surface area contributed by atoms with Gasteiger partial charge in [-0.15, -0.1) is 0 Å². The summed E-state index contributed by atoms with van der Waals surface area (Å²) in [6.45, 7) is 10.4. The van der Waals surface area contributed by atoms with E-state index in [1.807, 2.05) is 0 Å². The van der Waals surface area contributed by atoms with Gasteiger partial charge in [0.15, 0.2) is 0 Å². The average Bonchev–Trinajstić information content (AvgIpc) is 2.69. The van der Waals surface area contributed by atoms with E-state index in [0.29, 0.717) is 72.4 Å². The second-order valence-electron chi connectivity index (χ2n) is 5.61. The molecule has 0 radical (unpaired) electrons. The number of hydrogen-bond donors (Lipinski definition) is 4. The van der Waals surface area contributed by atoms with E-state index in [1.54, 1.807) is 0 Å². The molecule has 0 bridgehead atoms. The van der Waals surface area contributed by atoms with Crippen LogP contribution in [-0.4, -0.2) is 97.4 Å². The Hall–Kier alpha value is -0.963. The summed E-state index contributed by atoms with van der Waals surface area (Å²) in [5, 5.41) is 8.41. The fourth-order valence-electron chi connectivity index (χ4n) is 1.79. The first kappa shape index (κ1) is 30.2. The minimum absolute atomic E-state index is 0. The molecule has 0 rings (SSSR count). The van der Waals surface area contributed by atoms with Gasteiger partial charge in [-0.25, -0.2) is 0 Å². The third kappa shape index (κ3) is 25.0. The van der Waals surface area contributed by atoms with Crippen LogP contribution in [0.4, 0.5) is 0 Å². The van der Waals surface area contributed by atoms with Crippen molar-refractivity contribution in [2.24, 2.45) is 5.73 Å². The molecular formula is C18H35LiN4O6. The molecule has 0 spiro atoms. The number of ether oxygens (including phenoxy) is 4. The third-order valence-corrected chi connectivity index (χ3v) is 3.17. The van der Waals surface area contributed by atoms with E-state index in [-0.39, 0.29) is 43.9 Å². The van der Waals surface area contributed by atoms with Crippen LogP contribution in [0.25, 0.3) is 0 Å². The molecule has 0 aromatic rings. The molecule has 0 saturated heterocycles. The van der Waals surface area contributed by atoms with Crippen LogP contribution in [-0.2, 0) is 28.5 Å². The van der Waals surface area contributed by atoms with Crippen LogP contribution >= 0.6 is 0 Å². The maximum absolute atomic E-state index is 11.5. The van der Waals surface area contributed by atoms with Crippen molar-refractivity contribution in [2.45, 2.75) is 6.42 Å². The van der Waals surface area contributed by atoms with Crippen LogP contribution in [0, 0.1) is 6.58 Å². The topological polar surface area (TPSA) is 133 Å². The van der Waals surface area contributed by atoms with E-state index in [4.69, 9.17) is 31.3 Å². The summed E-state index contributed by atoms with van der Waals surface area (Å²) in [5.74, 6) is -0.387. The molecule has 0 unspecified atom stereocenters. The van der Waals surface area contributed by atoms with Crippen LogP contribution < -0.4 is 40.5 Å². The van der Waals surface area contributed by atoms with Gasteiger partial charge in [0.05, 0.1) is 39.6 Å². The zero-order valence-electron chi connectivity index (χ0n) is 17.6. The summed E-state index contributed by atoms with van der Waals surface area (Å²) < 4.78 is 21.0. The van der Waals surface area contributed by atoms with Gasteiger partial charge in [0, 0.05) is 19.6 Å². The summed E-state index contributed by atoms with van der Waals surface area (Å²) in [6.07, 6.45) is 2.28. The maximum Gasteiger partial charge on any atom is 1.00 e. The molecule has 0 aromatic carbocycles. The Kier molecular flexibility index (Phi) is 26.1. The van der Waals surface area contributed by atoms with Gasteiger partial charge in [-0.05, 0) is 19.5 Å². The molecule has 0 atom stereocenters. The van der Waals surface area contributed by atoms with E-state index in [0.717, 1.165) is 6.42 Å². The quantitative estimate of drug-likeness (QED) is 0.0842. The van der Waals surface area contributed by atoms with Crippen LogP contribution in [0.5, 0.6) is 0 Å². The summed E-state index contributed by atoms with van der Waals surface area (Å²) in [6, 6.07) is 0. The molecule has 164 valence electrons. The molecule has 0 heterocycles. The predicted octanol–water partition coefficient (Wildman–Crippen LogP) is -4.78. The van der Waals surface area contributed by atoms with Crippen molar-refractivity contribution in [3.8, 4) is 0 Å². The van der Waals surface area contributed by atoms with E-state index in [2.05, 4.69) is 16.0 Å². The van der Waals surface area contributed by atoms with Crippen LogP contribution in [0.3, 0.4) is 0 Å². The van der Waals surface area contributed by atoms with E-state index < -0.39 is 0 Å². The predicted molar refractivity (Wildman–Crippen MR) is 105 cm³/mol. The fraction of sp³-hybridized carbons (Fsp3) is 0.778. The third-order valence-electron chi connectivity index (χ3n) is 3.17. The smallest absolute Gasteiger partial charge is 0.517 e. The minimum atomic E-state index is -0.214. The van der Waals surface area contributed by atoms with Gasteiger partial charge in [-0.3, -0.25) is 15.7 Å². The number of carbonyl (C=O) groups excluding carboxylic acids is 2. The van der Waals surface area contributed by atoms with Crippen molar-refractivity contribution in [1.29, 1.82) is 0 Å². The van der Waals surface area contributed by atoms with E-state index in [9.17, 15) is 9.59 Å². The number of nitrogens with one attached hydrogen (secondary N) is 3. The molecule has 0 saturated carbocycles. The standard InChI is InChI=1S/C18H35N4O6.Li/c1-2-5-20-7-9-25-11-13-28-16-18(24)22-8-10-26-12-14-27-15-17(23)21-6-3-4-19;/h1-2,20H,3-16,19H2,(H,21,23)(H,22,24);/q-1;+1. The summed E-state index contributed by atoms with van der Waals surface area (Å²) in [4.78, 5) is 22.9. The molecular weight excluding hydrogens is 375 g/mol. The largest absolute Gasteiger partial charge is 1.00 e. The van der Waals surface area contributed by atoms with Crippen LogP contribution in [0.1, 0.15) is 6.42 Å². The van der Waals surface area contributed by atoms with Gasteiger partial charge < -0.3 is 47.2 Å². The van der Waals surface area contributed by atoms with Gasteiger partial charge in [-0.1, -0.05) is 0 Å². The van der Waals surface area contributed by atoms with Gasteiger partial charge >= 0.3 is 18.9 Å². The molecule has 0 fully saturated rings. The van der Waals surface area contributed by atoms with Crippen molar-refractivity contribution >= 4 is 11.8 Å². The number of rotatable bonds is 21. The Bertz CT molecular complexity index is 405. The molecule has 11 heteroatoms. The molecule has 29 heavy (non-hydrogen) atoms. The van der Waals surface area contributed by atoms with Crippen LogP contribution in [0.15, 0.2) is 6.08 Å². The zero-order valence-corrected chi connectivity index (χ0v) is 17.6. The fourth-order valence-corrected chi connectivity index (χ4v) is 1.79. The van der Waals surface area contributed by atoms with Crippen molar-refractivity contribution in [1.82, 2.24) is 16.0 Å². The van der Waals surface area contributed by atoms with Crippen LogP contribution in [0.2, 0.25) is 0 Å². The van der Waals surface area contributed by atoms with Gasteiger partial charge in [-0.2, -0.15) is 0 Å². The Labute approximate surface area is 185 Å². The molecule has 10 nitrogen and oxygen atoms in total. The van der Waals surface area contributed by atoms with Gasteiger partial charge in [0.2, 0.25) is 11.8 Å². The Morgan fingerprint density at radius 1 is 0.793 bits per heavy atom. The van der Waals surface area contributed by atoms with Crippen molar-refractivity contribution in [2.75, 3.05) is 85.6 Å².